The van der Waals surface area contributed by atoms with E-state index in [4.69, 9.17) is 16.2 Å². The van der Waals surface area contributed by atoms with E-state index in [1.165, 1.54) is 6.07 Å². The summed E-state index contributed by atoms with van der Waals surface area (Å²) in [7, 11) is 1.54. The Morgan fingerprint density at radius 2 is 2.20 bits per heavy atom. The highest BCUT2D eigenvalue weighted by Crippen LogP contribution is 2.23. The summed E-state index contributed by atoms with van der Waals surface area (Å²) in [6, 6.07) is 4.27. The van der Waals surface area contributed by atoms with Crippen molar-refractivity contribution in [3.63, 3.8) is 0 Å². The van der Waals surface area contributed by atoms with Crippen molar-refractivity contribution in [1.82, 2.24) is 0 Å². The summed E-state index contributed by atoms with van der Waals surface area (Å²) in [5, 5.41) is 0. The number of benzene rings is 1. The maximum Gasteiger partial charge on any atom is 0.128 e. The molecule has 0 radical (unpaired) electrons. The molecule has 0 aromatic heterocycles. The molecule has 0 amide bonds. The molecule has 0 spiro atoms. The number of halogens is 1. The van der Waals surface area contributed by atoms with Gasteiger partial charge in [0.25, 0.3) is 0 Å². The van der Waals surface area contributed by atoms with Crippen LogP contribution in [0.2, 0.25) is 0 Å². The molecule has 0 saturated heterocycles. The third-order valence-electron chi connectivity index (χ3n) is 2.32. The van der Waals surface area contributed by atoms with Crippen LogP contribution in [0.5, 0.6) is 5.75 Å². The second kappa shape index (κ2) is 5.68. The molecule has 1 aromatic rings. The minimum atomic E-state index is -0.316. The zero-order valence-corrected chi connectivity index (χ0v) is 8.87. The molecule has 1 rings (SSSR count). The highest BCUT2D eigenvalue weighted by atomic mass is 19.1. The molecule has 15 heavy (non-hydrogen) atoms. The molecule has 0 bridgehead atoms. The van der Waals surface area contributed by atoms with Gasteiger partial charge in [0.1, 0.15) is 11.6 Å². The molecule has 4 N–H and O–H groups in total. The van der Waals surface area contributed by atoms with E-state index in [1.807, 2.05) is 0 Å². The second-order valence-electron chi connectivity index (χ2n) is 3.42. The van der Waals surface area contributed by atoms with Crippen LogP contribution in [-0.4, -0.2) is 13.7 Å². The minimum absolute atomic E-state index is 0.291. The van der Waals surface area contributed by atoms with Gasteiger partial charge in [0.2, 0.25) is 0 Å². The van der Waals surface area contributed by atoms with Crippen LogP contribution in [-0.2, 0) is 0 Å². The smallest absolute Gasteiger partial charge is 0.128 e. The molecule has 0 unspecified atom stereocenters. The molecular weight excluding hydrogens is 195 g/mol. The Balaban J connectivity index is 2.81. The number of hydrogen-bond acceptors (Lipinski definition) is 3. The molecule has 0 aliphatic carbocycles. The van der Waals surface area contributed by atoms with Gasteiger partial charge in [-0.2, -0.15) is 0 Å². The summed E-state index contributed by atoms with van der Waals surface area (Å²) in [5.41, 5.74) is 11.7. The van der Waals surface area contributed by atoms with Crippen LogP contribution < -0.4 is 16.2 Å². The highest BCUT2D eigenvalue weighted by Gasteiger charge is 2.11. The molecule has 1 aromatic carbocycles. The fraction of sp³-hybridized carbons (Fsp3) is 0.455. The van der Waals surface area contributed by atoms with E-state index in [0.29, 0.717) is 24.3 Å². The molecule has 3 nitrogen and oxygen atoms in total. The van der Waals surface area contributed by atoms with E-state index >= 15 is 0 Å². The average molecular weight is 212 g/mol. The highest BCUT2D eigenvalue weighted by molar-refractivity contribution is 5.31. The normalized spacial score (nSPS) is 12.5. The molecule has 0 saturated carbocycles. The van der Waals surface area contributed by atoms with Crippen molar-refractivity contribution in [3.05, 3.63) is 29.6 Å². The monoisotopic (exact) mass is 212 g/mol. The maximum atomic E-state index is 13.4. The van der Waals surface area contributed by atoms with E-state index < -0.39 is 0 Å². The fourth-order valence-electron chi connectivity index (χ4n) is 1.43. The Bertz CT molecular complexity index is 317. The summed E-state index contributed by atoms with van der Waals surface area (Å²) in [6.07, 6.45) is 1.47. The predicted octanol–water partition coefficient (Wildman–Crippen LogP) is 1.57. The van der Waals surface area contributed by atoms with Crippen LogP contribution in [0, 0.1) is 5.82 Å². The first-order valence-electron chi connectivity index (χ1n) is 4.98. The van der Waals surface area contributed by atoms with Gasteiger partial charge in [0, 0.05) is 11.6 Å². The van der Waals surface area contributed by atoms with E-state index in [0.717, 1.165) is 6.42 Å². The van der Waals surface area contributed by atoms with Gasteiger partial charge < -0.3 is 16.2 Å². The lowest BCUT2D eigenvalue weighted by Gasteiger charge is -2.13. The first kappa shape index (κ1) is 11.9. The number of nitrogens with two attached hydrogens (primary N) is 2. The van der Waals surface area contributed by atoms with Gasteiger partial charge >= 0.3 is 0 Å². The summed E-state index contributed by atoms with van der Waals surface area (Å²) >= 11 is 0. The predicted molar refractivity (Wildman–Crippen MR) is 58.2 cm³/mol. The maximum absolute atomic E-state index is 13.4. The van der Waals surface area contributed by atoms with Crippen molar-refractivity contribution < 1.29 is 9.13 Å². The molecule has 0 aliphatic heterocycles. The van der Waals surface area contributed by atoms with Crippen molar-refractivity contribution in [2.75, 3.05) is 13.7 Å². The summed E-state index contributed by atoms with van der Waals surface area (Å²) < 4.78 is 18.4. The first-order chi connectivity index (χ1) is 7.19. The Kier molecular flexibility index (Phi) is 4.52. The zero-order valence-electron chi connectivity index (χ0n) is 8.87. The third-order valence-corrected chi connectivity index (χ3v) is 2.32. The van der Waals surface area contributed by atoms with E-state index in [2.05, 4.69) is 0 Å². The van der Waals surface area contributed by atoms with Gasteiger partial charge in [0.15, 0.2) is 0 Å². The number of methoxy groups -OCH3 is 1. The minimum Gasteiger partial charge on any atom is -0.497 e. The Morgan fingerprint density at radius 3 is 2.80 bits per heavy atom. The van der Waals surface area contributed by atoms with Crippen molar-refractivity contribution >= 4 is 0 Å². The number of hydrogen-bond donors (Lipinski definition) is 2. The molecular formula is C11H17FN2O. The van der Waals surface area contributed by atoms with Crippen molar-refractivity contribution in [1.29, 1.82) is 0 Å². The van der Waals surface area contributed by atoms with Crippen LogP contribution in [0.4, 0.5) is 4.39 Å². The Hall–Kier alpha value is -1.13. The fourth-order valence-corrected chi connectivity index (χ4v) is 1.43. The number of ether oxygens (including phenoxy) is 1. The standard InChI is InChI=1S/C11H17FN2O/c1-15-8-4-5-10(12)9(7-8)11(14)3-2-6-13/h4-5,7,11H,2-3,6,13-14H2,1H3/t11-/m1/s1. The largest absolute Gasteiger partial charge is 0.497 e. The van der Waals surface area contributed by atoms with Gasteiger partial charge in [-0.05, 0) is 37.6 Å². The van der Waals surface area contributed by atoms with Crippen LogP contribution in [0.25, 0.3) is 0 Å². The van der Waals surface area contributed by atoms with Gasteiger partial charge in [0.05, 0.1) is 7.11 Å². The van der Waals surface area contributed by atoms with Crippen molar-refractivity contribution in [2.45, 2.75) is 18.9 Å². The van der Waals surface area contributed by atoms with Gasteiger partial charge in [-0.1, -0.05) is 0 Å². The van der Waals surface area contributed by atoms with Crippen molar-refractivity contribution in [2.24, 2.45) is 11.5 Å². The van der Waals surface area contributed by atoms with E-state index in [1.54, 1.807) is 19.2 Å². The Labute approximate surface area is 89.2 Å². The number of rotatable bonds is 5. The third kappa shape index (κ3) is 3.18. The zero-order chi connectivity index (χ0) is 11.3. The van der Waals surface area contributed by atoms with Crippen LogP contribution in [0.15, 0.2) is 18.2 Å². The second-order valence-corrected chi connectivity index (χ2v) is 3.42. The lowest BCUT2D eigenvalue weighted by molar-refractivity contribution is 0.411. The summed E-state index contributed by atoms with van der Waals surface area (Å²) in [4.78, 5) is 0. The van der Waals surface area contributed by atoms with Crippen LogP contribution >= 0.6 is 0 Å². The molecule has 0 fully saturated rings. The summed E-state index contributed by atoms with van der Waals surface area (Å²) in [6.45, 7) is 0.569. The lowest BCUT2D eigenvalue weighted by Crippen LogP contribution is -2.14. The lowest BCUT2D eigenvalue weighted by atomic mass is 10.0. The van der Waals surface area contributed by atoms with Gasteiger partial charge in [-0.15, -0.1) is 0 Å². The molecule has 0 heterocycles. The van der Waals surface area contributed by atoms with Gasteiger partial charge in [-0.25, -0.2) is 4.39 Å². The molecule has 84 valence electrons. The topological polar surface area (TPSA) is 61.3 Å². The quantitative estimate of drug-likeness (QED) is 0.778. The van der Waals surface area contributed by atoms with Crippen molar-refractivity contribution in [3.8, 4) is 5.75 Å². The van der Waals surface area contributed by atoms with E-state index in [9.17, 15) is 4.39 Å². The summed E-state index contributed by atoms with van der Waals surface area (Å²) in [5.74, 6) is 0.329. The average Bonchev–Trinajstić information content (AvgIpc) is 2.26. The van der Waals surface area contributed by atoms with E-state index in [-0.39, 0.29) is 11.9 Å². The molecule has 4 heteroatoms. The van der Waals surface area contributed by atoms with Crippen LogP contribution in [0.1, 0.15) is 24.4 Å². The Morgan fingerprint density at radius 1 is 1.47 bits per heavy atom. The van der Waals surface area contributed by atoms with Gasteiger partial charge in [-0.3, -0.25) is 0 Å². The molecule has 0 aliphatic rings. The first-order valence-corrected chi connectivity index (χ1v) is 4.98. The molecule has 1 atom stereocenters. The SMILES string of the molecule is COc1ccc(F)c([C@H](N)CCCN)c1. The van der Waals surface area contributed by atoms with Crippen LogP contribution in [0.3, 0.4) is 0 Å².